The van der Waals surface area contributed by atoms with Gasteiger partial charge in [-0.15, -0.1) is 0 Å². The molecule has 0 unspecified atom stereocenters. The third kappa shape index (κ3) is 5.32. The molecule has 33 heavy (non-hydrogen) atoms. The van der Waals surface area contributed by atoms with Crippen molar-refractivity contribution >= 4 is 23.9 Å². The molecule has 1 amide bonds. The van der Waals surface area contributed by atoms with Crippen LogP contribution in [0.2, 0.25) is 0 Å². The van der Waals surface area contributed by atoms with Crippen LogP contribution in [0.15, 0.2) is 53.2 Å². The van der Waals surface area contributed by atoms with Crippen LogP contribution in [0.1, 0.15) is 11.1 Å². The van der Waals surface area contributed by atoms with Gasteiger partial charge in [0.1, 0.15) is 5.75 Å². The van der Waals surface area contributed by atoms with Crippen molar-refractivity contribution in [1.82, 2.24) is 4.90 Å². The molecule has 2 aliphatic rings. The number of morpholine rings is 1. The zero-order valence-electron chi connectivity index (χ0n) is 18.4. The average molecular weight is 452 g/mol. The highest BCUT2D eigenvalue weighted by Gasteiger charge is 2.24. The zero-order valence-corrected chi connectivity index (χ0v) is 18.4. The second-order valence-corrected chi connectivity index (χ2v) is 7.26. The summed E-state index contributed by atoms with van der Waals surface area (Å²) in [5.74, 6) is 1.13. The van der Waals surface area contributed by atoms with Crippen molar-refractivity contribution in [2.75, 3.05) is 47.1 Å². The molecule has 0 spiro atoms. The Hall–Kier alpha value is -3.85. The Balaban J connectivity index is 1.46. The number of amides is 1. The highest BCUT2D eigenvalue weighted by Crippen LogP contribution is 2.30. The van der Waals surface area contributed by atoms with Gasteiger partial charge in [0, 0.05) is 18.7 Å². The molecule has 0 bridgehead atoms. The van der Waals surface area contributed by atoms with Crippen molar-refractivity contribution < 1.29 is 33.3 Å². The van der Waals surface area contributed by atoms with E-state index in [9.17, 15) is 9.59 Å². The van der Waals surface area contributed by atoms with E-state index in [-0.39, 0.29) is 24.1 Å². The molecule has 2 aromatic carbocycles. The van der Waals surface area contributed by atoms with Crippen molar-refractivity contribution in [1.29, 1.82) is 0 Å². The summed E-state index contributed by atoms with van der Waals surface area (Å²) in [5.41, 5.74) is 1.50. The van der Waals surface area contributed by atoms with Gasteiger partial charge in [-0.25, -0.2) is 9.79 Å². The van der Waals surface area contributed by atoms with Crippen LogP contribution in [0.5, 0.6) is 17.2 Å². The van der Waals surface area contributed by atoms with E-state index in [2.05, 4.69) is 4.99 Å². The number of methoxy groups -OCH3 is 2. The van der Waals surface area contributed by atoms with Crippen LogP contribution in [0, 0.1) is 0 Å². The number of esters is 1. The summed E-state index contributed by atoms with van der Waals surface area (Å²) in [4.78, 5) is 30.6. The van der Waals surface area contributed by atoms with Crippen molar-refractivity contribution in [2.45, 2.75) is 0 Å². The fourth-order valence-corrected chi connectivity index (χ4v) is 3.36. The van der Waals surface area contributed by atoms with Crippen LogP contribution >= 0.6 is 0 Å². The lowest BCUT2D eigenvalue weighted by Crippen LogP contribution is -2.43. The molecule has 1 fully saturated rings. The molecule has 0 N–H and O–H groups in total. The Bertz CT molecular complexity index is 1090. The van der Waals surface area contributed by atoms with Gasteiger partial charge in [-0.3, -0.25) is 4.79 Å². The third-order valence-electron chi connectivity index (χ3n) is 5.16. The smallest absolute Gasteiger partial charge is 0.363 e. The maximum absolute atomic E-state index is 12.3. The molecule has 1 saturated heterocycles. The molecule has 0 atom stereocenters. The van der Waals surface area contributed by atoms with Crippen LogP contribution in [0.3, 0.4) is 0 Å². The van der Waals surface area contributed by atoms with Gasteiger partial charge < -0.3 is 28.6 Å². The van der Waals surface area contributed by atoms with Crippen LogP contribution in [-0.4, -0.2) is 69.8 Å². The van der Waals surface area contributed by atoms with E-state index in [1.807, 2.05) is 0 Å². The molecule has 0 aliphatic carbocycles. The molecule has 2 aromatic rings. The first-order valence-electron chi connectivity index (χ1n) is 10.4. The second-order valence-electron chi connectivity index (χ2n) is 7.26. The molecular weight excluding hydrogens is 428 g/mol. The van der Waals surface area contributed by atoms with E-state index < -0.39 is 5.97 Å². The predicted octanol–water partition coefficient (Wildman–Crippen LogP) is 2.29. The minimum Gasteiger partial charge on any atom is -0.497 e. The Morgan fingerprint density at radius 1 is 1.06 bits per heavy atom. The monoisotopic (exact) mass is 452 g/mol. The van der Waals surface area contributed by atoms with E-state index in [0.717, 1.165) is 0 Å². The van der Waals surface area contributed by atoms with E-state index in [1.54, 1.807) is 60.6 Å². The summed E-state index contributed by atoms with van der Waals surface area (Å²) in [5, 5.41) is 0. The number of carbonyl (C=O) groups excluding carboxylic acids is 2. The zero-order chi connectivity index (χ0) is 23.2. The fourth-order valence-electron chi connectivity index (χ4n) is 3.36. The second kappa shape index (κ2) is 10.2. The molecule has 172 valence electrons. The topological polar surface area (TPSA) is 95.9 Å². The maximum Gasteiger partial charge on any atom is 0.363 e. The Kier molecular flexibility index (Phi) is 6.89. The standard InChI is InChI=1S/C24H24N2O7/c1-29-18-6-4-17(5-7-18)23-25-19(24(28)33-23)13-16-3-8-20(21(14-16)30-2)32-15-22(27)26-9-11-31-12-10-26/h3-8,13-14H,9-12,15H2,1-2H3/b19-13-. The molecular formula is C24H24N2O7. The molecule has 0 aromatic heterocycles. The van der Waals surface area contributed by atoms with Crippen molar-refractivity contribution in [3.8, 4) is 17.2 Å². The van der Waals surface area contributed by atoms with Crippen molar-refractivity contribution in [2.24, 2.45) is 4.99 Å². The summed E-state index contributed by atoms with van der Waals surface area (Å²) in [6.45, 7) is 2.08. The van der Waals surface area contributed by atoms with Crippen LogP contribution in [0.4, 0.5) is 0 Å². The summed E-state index contributed by atoms with van der Waals surface area (Å²) in [7, 11) is 3.09. The van der Waals surface area contributed by atoms with Gasteiger partial charge in [0.15, 0.2) is 23.8 Å². The van der Waals surface area contributed by atoms with E-state index in [1.165, 1.54) is 7.11 Å². The summed E-state index contributed by atoms with van der Waals surface area (Å²) >= 11 is 0. The highest BCUT2D eigenvalue weighted by atomic mass is 16.6. The van der Waals surface area contributed by atoms with E-state index in [4.69, 9.17) is 23.7 Å². The van der Waals surface area contributed by atoms with Gasteiger partial charge in [-0.05, 0) is 48.0 Å². The summed E-state index contributed by atoms with van der Waals surface area (Å²) in [6, 6.07) is 12.2. The number of nitrogens with zero attached hydrogens (tertiary/aromatic N) is 2. The predicted molar refractivity (Wildman–Crippen MR) is 119 cm³/mol. The number of aliphatic imine (C=N–C) groups is 1. The molecule has 0 radical (unpaired) electrons. The lowest BCUT2D eigenvalue weighted by Gasteiger charge is -2.26. The third-order valence-corrected chi connectivity index (χ3v) is 5.16. The van der Waals surface area contributed by atoms with Gasteiger partial charge in [0.2, 0.25) is 5.90 Å². The first-order chi connectivity index (χ1) is 16.1. The fraction of sp³-hybridized carbons (Fsp3) is 0.292. The highest BCUT2D eigenvalue weighted by molar-refractivity contribution is 6.12. The lowest BCUT2D eigenvalue weighted by atomic mass is 10.1. The Morgan fingerprint density at radius 2 is 1.82 bits per heavy atom. The van der Waals surface area contributed by atoms with E-state index >= 15 is 0 Å². The quantitative estimate of drug-likeness (QED) is 0.470. The number of hydrogen-bond acceptors (Lipinski definition) is 8. The van der Waals surface area contributed by atoms with Crippen LogP contribution in [-0.2, 0) is 19.1 Å². The molecule has 4 rings (SSSR count). The largest absolute Gasteiger partial charge is 0.497 e. The van der Waals surface area contributed by atoms with Crippen molar-refractivity contribution in [3.05, 3.63) is 59.3 Å². The number of benzene rings is 2. The number of rotatable bonds is 7. The van der Waals surface area contributed by atoms with Gasteiger partial charge >= 0.3 is 5.97 Å². The average Bonchev–Trinajstić information content (AvgIpc) is 3.23. The molecule has 9 nitrogen and oxygen atoms in total. The summed E-state index contributed by atoms with van der Waals surface area (Å²) < 4.78 is 26.8. The Labute approximate surface area is 191 Å². The molecule has 0 saturated carbocycles. The maximum atomic E-state index is 12.3. The number of cyclic esters (lactones) is 1. The Morgan fingerprint density at radius 3 is 2.52 bits per heavy atom. The first kappa shape index (κ1) is 22.3. The molecule has 2 aliphatic heterocycles. The van der Waals surface area contributed by atoms with Gasteiger partial charge in [0.25, 0.3) is 5.91 Å². The normalized spacial score (nSPS) is 16.9. The lowest BCUT2D eigenvalue weighted by molar-refractivity contribution is -0.137. The minimum atomic E-state index is -0.545. The van der Waals surface area contributed by atoms with Gasteiger partial charge in [-0.1, -0.05) is 6.07 Å². The van der Waals surface area contributed by atoms with Gasteiger partial charge in [-0.2, -0.15) is 0 Å². The van der Waals surface area contributed by atoms with E-state index in [0.29, 0.717) is 54.7 Å². The number of carbonyl (C=O) groups is 2. The van der Waals surface area contributed by atoms with Crippen LogP contribution < -0.4 is 14.2 Å². The summed E-state index contributed by atoms with van der Waals surface area (Å²) in [6.07, 6.45) is 1.60. The van der Waals surface area contributed by atoms with Gasteiger partial charge in [0.05, 0.1) is 27.4 Å². The molecule has 9 heteroatoms. The molecule has 2 heterocycles. The number of hydrogen-bond donors (Lipinski definition) is 0. The number of ether oxygens (including phenoxy) is 5. The first-order valence-corrected chi connectivity index (χ1v) is 10.4. The van der Waals surface area contributed by atoms with Crippen LogP contribution in [0.25, 0.3) is 6.08 Å². The SMILES string of the molecule is COc1ccc(C2=N/C(=C\c3ccc(OCC(=O)N4CCOCC4)c(OC)c3)C(=O)O2)cc1. The van der Waals surface area contributed by atoms with Crippen molar-refractivity contribution in [3.63, 3.8) is 0 Å². The minimum absolute atomic E-state index is 0.0986.